The third-order valence-electron chi connectivity index (χ3n) is 3.91. The smallest absolute Gasteiger partial charge is 0.249 e. The molecule has 27 heavy (non-hydrogen) atoms. The molecule has 5 heteroatoms. The van der Waals surface area contributed by atoms with Crippen molar-refractivity contribution in [1.29, 1.82) is 0 Å². The van der Waals surface area contributed by atoms with Gasteiger partial charge in [-0.25, -0.2) is 0 Å². The largest absolute Gasteiger partial charge is 0.375 e. The summed E-state index contributed by atoms with van der Waals surface area (Å²) in [6, 6.07) is 0. The summed E-state index contributed by atoms with van der Waals surface area (Å²) in [4.78, 5) is 21.5. The monoisotopic (exact) mass is 387 g/mol. The molecule has 2 N–H and O–H groups in total. The van der Waals surface area contributed by atoms with Gasteiger partial charge in [0.1, 0.15) is 11.9 Å². The first-order valence-corrected chi connectivity index (χ1v) is 9.88. The number of aldehydes is 1. The summed E-state index contributed by atoms with van der Waals surface area (Å²) in [5.74, 6) is 0.168. The first kappa shape index (κ1) is 28.3. The highest BCUT2D eigenvalue weighted by Crippen LogP contribution is 2.22. The van der Waals surface area contributed by atoms with Crippen LogP contribution in [0.3, 0.4) is 0 Å². The third-order valence-corrected chi connectivity index (χ3v) is 3.91. The van der Waals surface area contributed by atoms with E-state index >= 15 is 0 Å². The number of carbonyl (C=O) groups excluding carboxylic acids is 2. The first-order chi connectivity index (χ1) is 11.8. The van der Waals surface area contributed by atoms with Crippen molar-refractivity contribution in [2.24, 2.45) is 22.5 Å². The zero-order valence-corrected chi connectivity index (χ0v) is 19.7. The lowest BCUT2D eigenvalue weighted by molar-refractivity contribution is -0.142. The molecule has 0 heterocycles. The van der Waals surface area contributed by atoms with E-state index in [1.807, 2.05) is 27.7 Å². The molecule has 0 aromatic heterocycles. The van der Waals surface area contributed by atoms with Crippen molar-refractivity contribution in [3.63, 3.8) is 0 Å². The SMILES string of the molecule is CC(C)(C)COC(C)(C)CCOC(C)(C)C(N)=O.CC(C)CC(C)(C)C=O. The average molecular weight is 388 g/mol. The predicted molar refractivity (Wildman–Crippen MR) is 113 cm³/mol. The van der Waals surface area contributed by atoms with Crippen molar-refractivity contribution in [2.75, 3.05) is 13.2 Å². The summed E-state index contributed by atoms with van der Waals surface area (Å²) in [6.45, 7) is 23.2. The molecule has 0 unspecified atom stereocenters. The molecule has 0 aliphatic heterocycles. The van der Waals surface area contributed by atoms with Crippen LogP contribution in [-0.4, -0.2) is 36.6 Å². The van der Waals surface area contributed by atoms with E-state index in [0.29, 0.717) is 19.1 Å². The lowest BCUT2D eigenvalue weighted by Crippen LogP contribution is -2.42. The summed E-state index contributed by atoms with van der Waals surface area (Å²) in [7, 11) is 0. The number of primary amides is 1. The molecule has 0 aliphatic carbocycles. The zero-order valence-electron chi connectivity index (χ0n) is 19.7. The molecule has 0 saturated carbocycles. The molecule has 0 radical (unpaired) electrons. The second-order valence-corrected chi connectivity index (χ2v) is 10.8. The predicted octanol–water partition coefficient (Wildman–Crippen LogP) is 4.76. The van der Waals surface area contributed by atoms with Crippen LogP contribution in [0.25, 0.3) is 0 Å². The minimum absolute atomic E-state index is 0.117. The number of hydrogen-bond donors (Lipinski definition) is 1. The van der Waals surface area contributed by atoms with Gasteiger partial charge in [0.25, 0.3) is 0 Å². The molecule has 5 nitrogen and oxygen atoms in total. The van der Waals surface area contributed by atoms with Crippen LogP contribution < -0.4 is 5.73 Å². The van der Waals surface area contributed by atoms with E-state index in [9.17, 15) is 9.59 Å². The van der Waals surface area contributed by atoms with E-state index in [2.05, 4.69) is 34.6 Å². The molecular weight excluding hydrogens is 342 g/mol. The fraction of sp³-hybridized carbons (Fsp3) is 0.909. The van der Waals surface area contributed by atoms with Crippen LogP contribution in [0.15, 0.2) is 0 Å². The number of ether oxygens (including phenoxy) is 2. The number of hydrogen-bond acceptors (Lipinski definition) is 4. The fourth-order valence-corrected chi connectivity index (χ4v) is 2.21. The maximum Gasteiger partial charge on any atom is 0.249 e. The van der Waals surface area contributed by atoms with Crippen LogP contribution >= 0.6 is 0 Å². The van der Waals surface area contributed by atoms with Gasteiger partial charge in [-0.2, -0.15) is 0 Å². The Bertz CT molecular complexity index is 446. The molecule has 162 valence electrons. The number of amides is 1. The molecule has 0 aromatic rings. The summed E-state index contributed by atoms with van der Waals surface area (Å²) >= 11 is 0. The van der Waals surface area contributed by atoms with Crippen molar-refractivity contribution < 1.29 is 19.1 Å². The van der Waals surface area contributed by atoms with Crippen molar-refractivity contribution in [3.8, 4) is 0 Å². The van der Waals surface area contributed by atoms with Crippen LogP contribution in [0.4, 0.5) is 0 Å². The minimum Gasteiger partial charge on any atom is -0.375 e. The lowest BCUT2D eigenvalue weighted by atomic mass is 9.86. The molecule has 0 saturated heterocycles. The highest BCUT2D eigenvalue weighted by molar-refractivity contribution is 5.82. The first-order valence-electron chi connectivity index (χ1n) is 9.88. The van der Waals surface area contributed by atoms with Crippen LogP contribution in [0.5, 0.6) is 0 Å². The number of nitrogens with two attached hydrogens (primary N) is 1. The summed E-state index contributed by atoms with van der Waals surface area (Å²) in [5, 5.41) is 0. The maximum atomic E-state index is 11.1. The number of rotatable bonds is 10. The Kier molecular flexibility index (Phi) is 11.7. The second-order valence-electron chi connectivity index (χ2n) is 10.8. The quantitative estimate of drug-likeness (QED) is 0.548. The molecule has 1 amide bonds. The molecule has 0 aromatic carbocycles. The fourth-order valence-electron chi connectivity index (χ4n) is 2.21. The van der Waals surface area contributed by atoms with Gasteiger partial charge >= 0.3 is 0 Å². The molecule has 0 fully saturated rings. The van der Waals surface area contributed by atoms with E-state index in [-0.39, 0.29) is 16.4 Å². The van der Waals surface area contributed by atoms with E-state index < -0.39 is 11.5 Å². The van der Waals surface area contributed by atoms with Crippen molar-refractivity contribution in [3.05, 3.63) is 0 Å². The van der Waals surface area contributed by atoms with E-state index in [4.69, 9.17) is 15.2 Å². The van der Waals surface area contributed by atoms with Crippen LogP contribution in [0.1, 0.15) is 89.0 Å². The van der Waals surface area contributed by atoms with Crippen molar-refractivity contribution in [1.82, 2.24) is 0 Å². The van der Waals surface area contributed by atoms with Gasteiger partial charge in [0, 0.05) is 5.41 Å². The van der Waals surface area contributed by atoms with Crippen molar-refractivity contribution in [2.45, 2.75) is 100 Å². The zero-order chi connectivity index (χ0) is 22.1. The molecule has 0 aliphatic rings. The average Bonchev–Trinajstić information content (AvgIpc) is 2.43. The van der Waals surface area contributed by atoms with E-state index in [0.717, 1.165) is 19.1 Å². The van der Waals surface area contributed by atoms with Gasteiger partial charge in [-0.05, 0) is 51.9 Å². The minimum atomic E-state index is -0.917. The second kappa shape index (κ2) is 11.2. The van der Waals surface area contributed by atoms with Crippen LogP contribution in [-0.2, 0) is 19.1 Å². The Morgan fingerprint density at radius 2 is 1.44 bits per heavy atom. The standard InChI is InChI=1S/C14H29NO3.C8H16O/c1-12(2,3)10-18-13(4,5)8-9-17-14(6,7)11(15)16;1-7(2)5-8(3,4)6-9/h8-10H2,1-7H3,(H2,15,16);6-7H,5H2,1-4H3. The number of carbonyl (C=O) groups is 2. The Morgan fingerprint density at radius 3 is 1.74 bits per heavy atom. The van der Waals surface area contributed by atoms with E-state index in [1.165, 1.54) is 0 Å². The summed E-state index contributed by atoms with van der Waals surface area (Å²) in [5.41, 5.74) is 4.09. The summed E-state index contributed by atoms with van der Waals surface area (Å²) < 4.78 is 11.4. The van der Waals surface area contributed by atoms with Gasteiger partial charge in [0.15, 0.2) is 0 Å². The molecule has 0 rings (SSSR count). The third kappa shape index (κ3) is 16.9. The van der Waals surface area contributed by atoms with Gasteiger partial charge in [-0.1, -0.05) is 48.5 Å². The molecule has 0 atom stereocenters. The molecule has 0 spiro atoms. The Balaban J connectivity index is 0. The Morgan fingerprint density at radius 1 is 0.963 bits per heavy atom. The molecule has 0 bridgehead atoms. The van der Waals surface area contributed by atoms with Gasteiger partial charge in [0.05, 0.1) is 18.8 Å². The van der Waals surface area contributed by atoms with Gasteiger partial charge < -0.3 is 20.0 Å². The highest BCUT2D eigenvalue weighted by Gasteiger charge is 2.28. The van der Waals surface area contributed by atoms with E-state index in [1.54, 1.807) is 13.8 Å². The van der Waals surface area contributed by atoms with Crippen LogP contribution in [0, 0.1) is 16.7 Å². The van der Waals surface area contributed by atoms with Crippen molar-refractivity contribution >= 4 is 12.2 Å². The Labute approximate surface area is 167 Å². The van der Waals surface area contributed by atoms with Gasteiger partial charge in [-0.3, -0.25) is 4.79 Å². The normalized spacial score (nSPS) is 13.2. The topological polar surface area (TPSA) is 78.6 Å². The van der Waals surface area contributed by atoms with Gasteiger partial charge in [0.2, 0.25) is 5.91 Å². The van der Waals surface area contributed by atoms with Gasteiger partial charge in [-0.15, -0.1) is 0 Å². The maximum absolute atomic E-state index is 11.1. The highest BCUT2D eigenvalue weighted by atomic mass is 16.5. The summed E-state index contributed by atoms with van der Waals surface area (Å²) in [6.07, 6.45) is 2.74. The van der Waals surface area contributed by atoms with Crippen LogP contribution in [0.2, 0.25) is 0 Å². The molecular formula is C22H45NO4. The Hall–Kier alpha value is -0.940. The lowest BCUT2D eigenvalue weighted by Gasteiger charge is -2.31.